The van der Waals surface area contributed by atoms with Gasteiger partial charge in [-0.05, 0) is 92.3 Å². The van der Waals surface area contributed by atoms with E-state index in [9.17, 15) is 8.42 Å². The first-order valence-electron chi connectivity index (χ1n) is 17.4. The van der Waals surface area contributed by atoms with Gasteiger partial charge in [-0.1, -0.05) is 132 Å². The lowest BCUT2D eigenvalue weighted by atomic mass is 9.92. The van der Waals surface area contributed by atoms with E-state index in [1.165, 1.54) is 27.8 Å². The smallest absolute Gasteiger partial charge is 0.207 e. The second-order valence-corrected chi connectivity index (χ2v) is 15.6. The van der Waals surface area contributed by atoms with Gasteiger partial charge in [0.1, 0.15) is 0 Å². The standard InChI is InChI=1S/C47H39NO2S/c1-31-24-32(2)27-35(26-31)30-36-14-8-9-17-39(36)41-19-12-21-43-44-22-13-20-42(47(44)48(46(41)43)37-15-6-5-7-16-37)40-18-10-11-23-45(40)51(49,50)38-28-33(3)25-34(4)29-38/h5-29H,30H2,1-4H3. The maximum Gasteiger partial charge on any atom is 0.207 e. The highest BCUT2D eigenvalue weighted by atomic mass is 32.2. The summed E-state index contributed by atoms with van der Waals surface area (Å²) in [5.74, 6) is 0. The molecule has 0 unspecified atom stereocenters. The van der Waals surface area contributed by atoms with Crippen molar-refractivity contribution in [3.05, 3.63) is 185 Å². The first-order chi connectivity index (χ1) is 24.7. The highest BCUT2D eigenvalue weighted by molar-refractivity contribution is 7.91. The molecule has 0 radical (unpaired) electrons. The van der Waals surface area contributed by atoms with E-state index in [-0.39, 0.29) is 0 Å². The second-order valence-electron chi connectivity index (χ2n) is 13.7. The molecule has 0 aliphatic heterocycles. The molecule has 51 heavy (non-hydrogen) atoms. The predicted molar refractivity (Wildman–Crippen MR) is 212 cm³/mol. The van der Waals surface area contributed by atoms with Gasteiger partial charge in [-0.3, -0.25) is 0 Å². The Balaban J connectivity index is 1.43. The Morgan fingerprint density at radius 1 is 0.471 bits per heavy atom. The van der Waals surface area contributed by atoms with E-state index >= 15 is 0 Å². The molecule has 0 saturated heterocycles. The molecular formula is C47H39NO2S. The van der Waals surface area contributed by atoms with Crippen molar-refractivity contribution in [2.75, 3.05) is 0 Å². The molecule has 7 aromatic carbocycles. The molecule has 0 aliphatic rings. The maximum absolute atomic E-state index is 14.5. The summed E-state index contributed by atoms with van der Waals surface area (Å²) in [7, 11) is -3.84. The van der Waals surface area contributed by atoms with Crippen LogP contribution in [0.2, 0.25) is 0 Å². The number of benzene rings is 7. The number of aromatic nitrogens is 1. The average Bonchev–Trinajstić information content (AvgIpc) is 3.46. The lowest BCUT2D eigenvalue weighted by Gasteiger charge is -2.17. The van der Waals surface area contributed by atoms with Crippen molar-refractivity contribution in [2.45, 2.75) is 43.9 Å². The Kier molecular flexibility index (Phi) is 8.20. The third kappa shape index (κ3) is 5.86. The fourth-order valence-corrected chi connectivity index (χ4v) is 9.51. The van der Waals surface area contributed by atoms with Crippen LogP contribution in [0.3, 0.4) is 0 Å². The molecule has 8 aromatic rings. The minimum atomic E-state index is -3.84. The normalized spacial score (nSPS) is 11.8. The van der Waals surface area contributed by atoms with Gasteiger partial charge in [0, 0.05) is 33.2 Å². The fraction of sp³-hybridized carbons (Fsp3) is 0.106. The molecule has 8 rings (SSSR count). The van der Waals surface area contributed by atoms with Gasteiger partial charge in [0.05, 0.1) is 20.8 Å². The van der Waals surface area contributed by atoms with E-state index in [0.29, 0.717) is 15.4 Å². The zero-order chi connectivity index (χ0) is 35.3. The van der Waals surface area contributed by atoms with E-state index in [1.807, 2.05) is 50.2 Å². The Bertz CT molecular complexity index is 2680. The molecule has 1 heterocycles. The van der Waals surface area contributed by atoms with E-state index in [4.69, 9.17) is 0 Å². The van der Waals surface area contributed by atoms with Crippen molar-refractivity contribution < 1.29 is 8.42 Å². The van der Waals surface area contributed by atoms with Gasteiger partial charge in [-0.15, -0.1) is 0 Å². The summed E-state index contributed by atoms with van der Waals surface area (Å²) >= 11 is 0. The van der Waals surface area contributed by atoms with Crippen molar-refractivity contribution in [1.82, 2.24) is 4.57 Å². The second kappa shape index (κ2) is 12.9. The van der Waals surface area contributed by atoms with Gasteiger partial charge in [0.25, 0.3) is 0 Å². The Labute approximate surface area is 300 Å². The molecule has 0 aliphatic carbocycles. The molecule has 0 spiro atoms. The topological polar surface area (TPSA) is 39.1 Å². The highest BCUT2D eigenvalue weighted by Gasteiger charge is 2.26. The third-order valence-electron chi connectivity index (χ3n) is 9.78. The Hall–Kier alpha value is -5.71. The van der Waals surface area contributed by atoms with Gasteiger partial charge in [0.15, 0.2) is 0 Å². The lowest BCUT2D eigenvalue weighted by molar-refractivity contribution is 0.596. The van der Waals surface area contributed by atoms with Crippen LogP contribution >= 0.6 is 0 Å². The van der Waals surface area contributed by atoms with E-state index in [1.54, 1.807) is 18.2 Å². The summed E-state index contributed by atoms with van der Waals surface area (Å²) in [6, 6.07) is 51.7. The van der Waals surface area contributed by atoms with E-state index in [0.717, 1.165) is 56.2 Å². The molecule has 0 saturated carbocycles. The fourth-order valence-electron chi connectivity index (χ4n) is 7.85. The first kappa shape index (κ1) is 32.5. The minimum absolute atomic E-state index is 0.298. The number of hydrogen-bond donors (Lipinski definition) is 0. The molecule has 0 N–H and O–H groups in total. The number of sulfone groups is 1. The van der Waals surface area contributed by atoms with Crippen molar-refractivity contribution >= 4 is 31.6 Å². The van der Waals surface area contributed by atoms with Crippen LogP contribution in [-0.2, 0) is 16.3 Å². The summed E-state index contributed by atoms with van der Waals surface area (Å²) in [6.07, 6.45) is 0.815. The molecule has 250 valence electrons. The molecular weight excluding hydrogens is 643 g/mol. The largest absolute Gasteiger partial charge is 0.308 e. The van der Waals surface area contributed by atoms with Crippen molar-refractivity contribution in [3.63, 3.8) is 0 Å². The van der Waals surface area contributed by atoms with E-state index in [2.05, 4.69) is 115 Å². The number of hydrogen-bond acceptors (Lipinski definition) is 2. The third-order valence-corrected chi connectivity index (χ3v) is 11.6. The van der Waals surface area contributed by atoms with Crippen molar-refractivity contribution in [1.29, 1.82) is 0 Å². The van der Waals surface area contributed by atoms with Gasteiger partial charge in [0.2, 0.25) is 9.84 Å². The van der Waals surface area contributed by atoms with Gasteiger partial charge < -0.3 is 4.57 Å². The Morgan fingerprint density at radius 3 is 1.59 bits per heavy atom. The lowest BCUT2D eigenvalue weighted by Crippen LogP contribution is -2.05. The van der Waals surface area contributed by atoms with Crippen LogP contribution < -0.4 is 0 Å². The number of para-hydroxylation sites is 3. The summed E-state index contributed by atoms with van der Waals surface area (Å²) in [6.45, 7) is 8.19. The molecule has 0 atom stereocenters. The van der Waals surface area contributed by atoms with Gasteiger partial charge in [-0.25, -0.2) is 8.42 Å². The summed E-state index contributed by atoms with van der Waals surface area (Å²) < 4.78 is 31.3. The average molecular weight is 682 g/mol. The summed E-state index contributed by atoms with van der Waals surface area (Å²) in [5, 5.41) is 2.18. The van der Waals surface area contributed by atoms with Crippen LogP contribution in [0.25, 0.3) is 49.7 Å². The molecule has 3 nitrogen and oxygen atoms in total. The van der Waals surface area contributed by atoms with Crippen LogP contribution in [0.1, 0.15) is 33.4 Å². The molecule has 0 bridgehead atoms. The zero-order valence-corrected chi connectivity index (χ0v) is 30.1. The van der Waals surface area contributed by atoms with Crippen molar-refractivity contribution in [2.24, 2.45) is 0 Å². The summed E-state index contributed by atoms with van der Waals surface area (Å²) in [4.78, 5) is 0.609. The van der Waals surface area contributed by atoms with Gasteiger partial charge in [-0.2, -0.15) is 0 Å². The van der Waals surface area contributed by atoms with Crippen LogP contribution in [0.15, 0.2) is 161 Å². The number of nitrogens with zero attached hydrogens (tertiary/aromatic N) is 1. The monoisotopic (exact) mass is 681 g/mol. The van der Waals surface area contributed by atoms with Crippen LogP contribution in [0.5, 0.6) is 0 Å². The molecule has 1 aromatic heterocycles. The Morgan fingerprint density at radius 2 is 0.961 bits per heavy atom. The summed E-state index contributed by atoms with van der Waals surface area (Å²) in [5.41, 5.74) is 13.9. The van der Waals surface area contributed by atoms with Crippen LogP contribution in [-0.4, -0.2) is 13.0 Å². The van der Waals surface area contributed by atoms with Gasteiger partial charge >= 0.3 is 0 Å². The van der Waals surface area contributed by atoms with Crippen LogP contribution in [0.4, 0.5) is 0 Å². The highest BCUT2D eigenvalue weighted by Crippen LogP contribution is 2.44. The van der Waals surface area contributed by atoms with Crippen molar-refractivity contribution in [3.8, 4) is 27.9 Å². The number of aryl methyl sites for hydroxylation is 4. The van der Waals surface area contributed by atoms with Crippen LogP contribution in [0, 0.1) is 27.7 Å². The first-order valence-corrected chi connectivity index (χ1v) is 18.9. The minimum Gasteiger partial charge on any atom is -0.308 e. The number of rotatable bonds is 7. The number of fused-ring (bicyclic) bond motifs is 3. The molecule has 0 amide bonds. The predicted octanol–water partition coefficient (Wildman–Crippen LogP) is 11.8. The molecule has 0 fully saturated rings. The maximum atomic E-state index is 14.5. The zero-order valence-electron chi connectivity index (χ0n) is 29.3. The molecule has 4 heteroatoms. The SMILES string of the molecule is Cc1cc(C)cc(Cc2ccccc2-c2cccc3c4cccc(-c5ccccc5S(=O)(=O)c5cc(C)cc(C)c5)c4n(-c4ccccc4)c23)c1. The van der Waals surface area contributed by atoms with E-state index < -0.39 is 9.84 Å². The quantitative estimate of drug-likeness (QED) is 0.168.